The summed E-state index contributed by atoms with van der Waals surface area (Å²) in [5, 5.41) is 0. The quantitative estimate of drug-likeness (QED) is 0.659. The highest BCUT2D eigenvalue weighted by Gasteiger charge is 2.08. The molecule has 0 saturated heterocycles. The van der Waals surface area contributed by atoms with Crippen LogP contribution in [0.5, 0.6) is 0 Å². The predicted octanol–water partition coefficient (Wildman–Crippen LogP) is 2.88. The number of aromatic amines is 1. The van der Waals surface area contributed by atoms with Gasteiger partial charge in [-0.3, -0.25) is 0 Å². The standard InChI is InChI=1S/C13H13N3/c1-9-7-12(16(2)8-9)13-14-10-5-3-4-6-11(10)15-13/h3-8H,1-2H3,(H,14,15). The number of aromatic nitrogens is 3. The van der Waals surface area contributed by atoms with Crippen molar-refractivity contribution >= 4 is 11.0 Å². The summed E-state index contributed by atoms with van der Waals surface area (Å²) in [6.45, 7) is 2.09. The van der Waals surface area contributed by atoms with Crippen molar-refractivity contribution in [1.29, 1.82) is 0 Å². The molecule has 2 heterocycles. The zero-order chi connectivity index (χ0) is 11.1. The lowest BCUT2D eigenvalue weighted by Crippen LogP contribution is -1.90. The Balaban J connectivity index is 2.22. The third-order valence-corrected chi connectivity index (χ3v) is 2.77. The molecule has 3 heteroatoms. The molecular weight excluding hydrogens is 198 g/mol. The topological polar surface area (TPSA) is 33.6 Å². The van der Waals surface area contributed by atoms with Crippen molar-refractivity contribution in [2.24, 2.45) is 7.05 Å². The second-order valence-electron chi connectivity index (χ2n) is 4.12. The van der Waals surface area contributed by atoms with Gasteiger partial charge in [-0.25, -0.2) is 4.98 Å². The van der Waals surface area contributed by atoms with Crippen LogP contribution < -0.4 is 0 Å². The molecule has 16 heavy (non-hydrogen) atoms. The molecule has 1 aromatic carbocycles. The highest BCUT2D eigenvalue weighted by atomic mass is 15.0. The Hall–Kier alpha value is -2.03. The Labute approximate surface area is 93.7 Å². The minimum absolute atomic E-state index is 0.928. The van der Waals surface area contributed by atoms with Crippen LogP contribution in [0.3, 0.4) is 0 Å². The lowest BCUT2D eigenvalue weighted by Gasteiger charge is -1.97. The molecule has 3 aromatic rings. The van der Waals surface area contributed by atoms with Gasteiger partial charge in [-0.15, -0.1) is 0 Å². The first-order chi connectivity index (χ1) is 7.74. The highest BCUT2D eigenvalue weighted by molar-refractivity contribution is 5.78. The maximum Gasteiger partial charge on any atom is 0.155 e. The summed E-state index contributed by atoms with van der Waals surface area (Å²) in [6.07, 6.45) is 2.10. The van der Waals surface area contributed by atoms with Crippen molar-refractivity contribution < 1.29 is 0 Å². The van der Waals surface area contributed by atoms with Crippen LogP contribution in [0, 0.1) is 6.92 Å². The molecule has 0 aliphatic heterocycles. The third kappa shape index (κ3) is 1.33. The molecule has 3 rings (SSSR count). The molecule has 3 nitrogen and oxygen atoms in total. The van der Waals surface area contributed by atoms with Crippen LogP contribution in [0.25, 0.3) is 22.6 Å². The molecule has 0 saturated carbocycles. The summed E-state index contributed by atoms with van der Waals surface area (Å²) >= 11 is 0. The van der Waals surface area contributed by atoms with Crippen LogP contribution in [0.1, 0.15) is 5.56 Å². The first-order valence-electron chi connectivity index (χ1n) is 5.32. The van der Waals surface area contributed by atoms with E-state index in [-0.39, 0.29) is 0 Å². The van der Waals surface area contributed by atoms with E-state index in [0.717, 1.165) is 22.6 Å². The molecule has 0 aliphatic carbocycles. The molecule has 0 bridgehead atoms. The highest BCUT2D eigenvalue weighted by Crippen LogP contribution is 2.21. The minimum Gasteiger partial charge on any atom is -0.348 e. The normalized spacial score (nSPS) is 11.1. The largest absolute Gasteiger partial charge is 0.348 e. The van der Waals surface area contributed by atoms with E-state index in [4.69, 9.17) is 0 Å². The van der Waals surface area contributed by atoms with Gasteiger partial charge in [-0.1, -0.05) is 12.1 Å². The fourth-order valence-electron chi connectivity index (χ4n) is 2.04. The van der Waals surface area contributed by atoms with Crippen LogP contribution in [-0.4, -0.2) is 14.5 Å². The van der Waals surface area contributed by atoms with Crippen LogP contribution in [0.15, 0.2) is 36.5 Å². The number of nitrogens with one attached hydrogen (secondary N) is 1. The van der Waals surface area contributed by atoms with E-state index in [9.17, 15) is 0 Å². The fraction of sp³-hybridized carbons (Fsp3) is 0.154. The Bertz CT molecular complexity index is 613. The molecule has 0 radical (unpaired) electrons. The van der Waals surface area contributed by atoms with Gasteiger partial charge in [0.15, 0.2) is 5.82 Å². The van der Waals surface area contributed by atoms with Crippen molar-refractivity contribution in [3.8, 4) is 11.5 Å². The number of benzene rings is 1. The lowest BCUT2D eigenvalue weighted by atomic mass is 10.3. The van der Waals surface area contributed by atoms with Crippen molar-refractivity contribution in [1.82, 2.24) is 14.5 Å². The molecule has 0 unspecified atom stereocenters. The van der Waals surface area contributed by atoms with E-state index in [1.807, 2.05) is 31.3 Å². The molecule has 0 spiro atoms. The molecule has 0 amide bonds. The zero-order valence-electron chi connectivity index (χ0n) is 9.36. The van der Waals surface area contributed by atoms with Gasteiger partial charge in [0.2, 0.25) is 0 Å². The number of fused-ring (bicyclic) bond motifs is 1. The van der Waals surface area contributed by atoms with Gasteiger partial charge >= 0.3 is 0 Å². The monoisotopic (exact) mass is 211 g/mol. The maximum atomic E-state index is 4.58. The van der Waals surface area contributed by atoms with Gasteiger partial charge < -0.3 is 9.55 Å². The smallest absolute Gasteiger partial charge is 0.155 e. The number of hydrogen-bond donors (Lipinski definition) is 1. The lowest BCUT2D eigenvalue weighted by molar-refractivity contribution is 0.924. The fourth-order valence-corrected chi connectivity index (χ4v) is 2.04. The van der Waals surface area contributed by atoms with Gasteiger partial charge in [0.05, 0.1) is 16.7 Å². The summed E-state index contributed by atoms with van der Waals surface area (Å²) in [5.74, 6) is 0.928. The van der Waals surface area contributed by atoms with Gasteiger partial charge in [-0.2, -0.15) is 0 Å². The summed E-state index contributed by atoms with van der Waals surface area (Å²) in [5.41, 5.74) is 4.46. The van der Waals surface area contributed by atoms with Gasteiger partial charge in [0, 0.05) is 13.2 Å². The maximum absolute atomic E-state index is 4.58. The van der Waals surface area contributed by atoms with Crippen LogP contribution in [0.4, 0.5) is 0 Å². The van der Waals surface area contributed by atoms with E-state index in [2.05, 4.69) is 33.7 Å². The van der Waals surface area contributed by atoms with Crippen molar-refractivity contribution in [3.05, 3.63) is 42.1 Å². The molecule has 2 aromatic heterocycles. The number of H-pyrrole nitrogens is 1. The SMILES string of the molecule is Cc1cc(-c2nc3ccccc3[nH]2)n(C)c1. The summed E-state index contributed by atoms with van der Waals surface area (Å²) in [6, 6.07) is 10.2. The molecule has 0 aliphatic rings. The first-order valence-corrected chi connectivity index (χ1v) is 5.32. The Morgan fingerprint density at radius 2 is 2.06 bits per heavy atom. The van der Waals surface area contributed by atoms with Crippen molar-refractivity contribution in [2.75, 3.05) is 0 Å². The van der Waals surface area contributed by atoms with Crippen LogP contribution in [0.2, 0.25) is 0 Å². The number of rotatable bonds is 1. The van der Waals surface area contributed by atoms with Crippen LogP contribution >= 0.6 is 0 Å². The molecular formula is C13H13N3. The second kappa shape index (κ2) is 3.23. The van der Waals surface area contributed by atoms with Crippen molar-refractivity contribution in [3.63, 3.8) is 0 Å². The second-order valence-corrected chi connectivity index (χ2v) is 4.12. The third-order valence-electron chi connectivity index (χ3n) is 2.77. The summed E-state index contributed by atoms with van der Waals surface area (Å²) in [4.78, 5) is 7.91. The summed E-state index contributed by atoms with van der Waals surface area (Å²) < 4.78 is 2.09. The first kappa shape index (κ1) is 9.21. The number of aryl methyl sites for hydroxylation is 2. The van der Waals surface area contributed by atoms with Crippen LogP contribution in [-0.2, 0) is 7.05 Å². The average Bonchev–Trinajstić information content (AvgIpc) is 2.81. The number of hydrogen-bond acceptors (Lipinski definition) is 1. The zero-order valence-corrected chi connectivity index (χ0v) is 9.36. The Morgan fingerprint density at radius 1 is 1.25 bits per heavy atom. The van der Waals surface area contributed by atoms with Crippen molar-refractivity contribution in [2.45, 2.75) is 6.92 Å². The Morgan fingerprint density at radius 3 is 2.75 bits per heavy atom. The number of nitrogens with zero attached hydrogens (tertiary/aromatic N) is 2. The Kier molecular flexibility index (Phi) is 1.86. The minimum atomic E-state index is 0.928. The van der Waals surface area contributed by atoms with Gasteiger partial charge in [0.1, 0.15) is 0 Å². The molecule has 0 atom stereocenters. The van der Waals surface area contributed by atoms with E-state index < -0.39 is 0 Å². The number of para-hydroxylation sites is 2. The van der Waals surface area contributed by atoms with Gasteiger partial charge in [-0.05, 0) is 30.7 Å². The predicted molar refractivity (Wildman–Crippen MR) is 65.2 cm³/mol. The van der Waals surface area contributed by atoms with E-state index in [0.29, 0.717) is 0 Å². The van der Waals surface area contributed by atoms with E-state index >= 15 is 0 Å². The number of imidazole rings is 1. The van der Waals surface area contributed by atoms with E-state index in [1.165, 1.54) is 5.56 Å². The van der Waals surface area contributed by atoms with E-state index in [1.54, 1.807) is 0 Å². The molecule has 80 valence electrons. The van der Waals surface area contributed by atoms with Gasteiger partial charge in [0.25, 0.3) is 0 Å². The molecule has 0 fully saturated rings. The summed E-state index contributed by atoms with van der Waals surface area (Å²) in [7, 11) is 2.04. The molecule has 1 N–H and O–H groups in total. The average molecular weight is 211 g/mol.